The molecule has 3 rings (SSSR count). The zero-order chi connectivity index (χ0) is 21.9. The molecule has 2 saturated heterocycles. The Morgan fingerprint density at radius 3 is 2.87 bits per heavy atom. The summed E-state index contributed by atoms with van der Waals surface area (Å²) < 4.78 is 11.1. The summed E-state index contributed by atoms with van der Waals surface area (Å²) in [7, 11) is 0. The molecule has 0 aromatic heterocycles. The lowest BCUT2D eigenvalue weighted by molar-refractivity contribution is -0.123. The van der Waals surface area contributed by atoms with Gasteiger partial charge < -0.3 is 30.3 Å². The molecule has 1 unspecified atom stereocenters. The fourth-order valence-electron chi connectivity index (χ4n) is 3.43. The molecule has 0 bridgehead atoms. The van der Waals surface area contributed by atoms with Gasteiger partial charge in [-0.15, -0.1) is 0 Å². The molecule has 1 aromatic rings. The number of rotatable bonds is 9. The minimum atomic E-state index is -0.119. The number of aliphatic imine (C=N–C) groups is 1. The van der Waals surface area contributed by atoms with E-state index in [1.807, 2.05) is 19.1 Å². The molecule has 0 aliphatic carbocycles. The average Bonchev–Trinajstić information content (AvgIpc) is 3.30. The molecule has 0 radical (unpaired) electrons. The maximum atomic E-state index is 12.5. The van der Waals surface area contributed by atoms with Crippen LogP contribution in [-0.2, 0) is 20.8 Å². The summed E-state index contributed by atoms with van der Waals surface area (Å²) in [5, 5.41) is 9.29. The van der Waals surface area contributed by atoms with Gasteiger partial charge in [0.25, 0.3) is 5.91 Å². The summed E-state index contributed by atoms with van der Waals surface area (Å²) in [6, 6.07) is 7.40. The van der Waals surface area contributed by atoms with E-state index in [-0.39, 0.29) is 24.5 Å². The first-order valence-electron chi connectivity index (χ1n) is 11.0. The van der Waals surface area contributed by atoms with E-state index in [1.54, 1.807) is 17.0 Å². The van der Waals surface area contributed by atoms with Crippen LogP contribution in [0.5, 0.6) is 0 Å². The number of carbonyl (C=O) groups is 2. The molecule has 3 N–H and O–H groups in total. The highest BCUT2D eigenvalue weighted by Crippen LogP contribution is 2.10. The molecule has 1 atom stereocenters. The van der Waals surface area contributed by atoms with Crippen LogP contribution in [0.1, 0.15) is 35.7 Å². The van der Waals surface area contributed by atoms with Crippen molar-refractivity contribution in [3.8, 4) is 0 Å². The van der Waals surface area contributed by atoms with Crippen LogP contribution in [0.25, 0.3) is 0 Å². The molecular formula is C22H33N5O4. The normalized spacial score (nSPS) is 19.3. The number of carbonyl (C=O) groups excluding carboxylic acids is 2. The minimum Gasteiger partial charge on any atom is -0.379 e. The Labute approximate surface area is 183 Å². The molecule has 31 heavy (non-hydrogen) atoms. The van der Waals surface area contributed by atoms with Crippen molar-refractivity contribution in [3.63, 3.8) is 0 Å². The Morgan fingerprint density at radius 1 is 1.32 bits per heavy atom. The van der Waals surface area contributed by atoms with Crippen molar-refractivity contribution in [2.75, 3.05) is 52.5 Å². The maximum absolute atomic E-state index is 12.5. The smallest absolute Gasteiger partial charge is 0.254 e. The van der Waals surface area contributed by atoms with Crippen LogP contribution in [0, 0.1) is 0 Å². The number of nitrogens with zero attached hydrogens (tertiary/aromatic N) is 2. The summed E-state index contributed by atoms with van der Waals surface area (Å²) in [5.74, 6) is 0.519. The zero-order valence-electron chi connectivity index (χ0n) is 18.2. The van der Waals surface area contributed by atoms with Crippen molar-refractivity contribution in [2.45, 2.75) is 32.4 Å². The highest BCUT2D eigenvalue weighted by atomic mass is 16.5. The molecule has 2 heterocycles. The van der Waals surface area contributed by atoms with Crippen LogP contribution in [0.3, 0.4) is 0 Å². The molecule has 0 spiro atoms. The van der Waals surface area contributed by atoms with Crippen LogP contribution < -0.4 is 16.0 Å². The quantitative estimate of drug-likeness (QED) is 0.299. The van der Waals surface area contributed by atoms with Gasteiger partial charge in [-0.3, -0.25) is 9.59 Å². The van der Waals surface area contributed by atoms with Crippen molar-refractivity contribution in [1.82, 2.24) is 20.9 Å². The maximum Gasteiger partial charge on any atom is 0.254 e. The van der Waals surface area contributed by atoms with Gasteiger partial charge in [-0.2, -0.15) is 0 Å². The highest BCUT2D eigenvalue weighted by Gasteiger charge is 2.22. The van der Waals surface area contributed by atoms with E-state index in [4.69, 9.17) is 9.47 Å². The van der Waals surface area contributed by atoms with Gasteiger partial charge in [0.15, 0.2) is 5.96 Å². The predicted molar refractivity (Wildman–Crippen MR) is 118 cm³/mol. The summed E-state index contributed by atoms with van der Waals surface area (Å²) >= 11 is 0. The van der Waals surface area contributed by atoms with Gasteiger partial charge in [0.1, 0.15) is 0 Å². The molecule has 9 nitrogen and oxygen atoms in total. The number of hydrogen-bond acceptors (Lipinski definition) is 5. The van der Waals surface area contributed by atoms with Gasteiger partial charge in [-0.25, -0.2) is 4.99 Å². The molecule has 2 aliphatic rings. The Morgan fingerprint density at radius 2 is 2.16 bits per heavy atom. The summed E-state index contributed by atoms with van der Waals surface area (Å²) in [4.78, 5) is 30.2. The summed E-state index contributed by atoms with van der Waals surface area (Å²) in [6.07, 6.45) is 2.12. The van der Waals surface area contributed by atoms with E-state index in [0.29, 0.717) is 38.4 Å². The van der Waals surface area contributed by atoms with Gasteiger partial charge in [-0.1, -0.05) is 12.1 Å². The third-order valence-electron chi connectivity index (χ3n) is 5.15. The summed E-state index contributed by atoms with van der Waals surface area (Å²) in [6.45, 7) is 7.44. The highest BCUT2D eigenvalue weighted by molar-refractivity contribution is 5.97. The molecular weight excluding hydrogens is 398 g/mol. The van der Waals surface area contributed by atoms with Crippen LogP contribution in [0.2, 0.25) is 0 Å². The Bertz CT molecular complexity index is 747. The Kier molecular flexibility index (Phi) is 9.11. The van der Waals surface area contributed by atoms with Crippen LogP contribution >= 0.6 is 0 Å². The second kappa shape index (κ2) is 12.3. The molecule has 0 saturated carbocycles. The van der Waals surface area contributed by atoms with Crippen molar-refractivity contribution in [3.05, 3.63) is 35.4 Å². The second-order valence-electron chi connectivity index (χ2n) is 7.61. The summed E-state index contributed by atoms with van der Waals surface area (Å²) in [5.41, 5.74) is 1.59. The third-order valence-corrected chi connectivity index (χ3v) is 5.15. The van der Waals surface area contributed by atoms with Crippen LogP contribution in [0.15, 0.2) is 29.3 Å². The first kappa shape index (κ1) is 23.0. The molecule has 2 fully saturated rings. The monoisotopic (exact) mass is 431 g/mol. The van der Waals surface area contributed by atoms with Gasteiger partial charge >= 0.3 is 0 Å². The topological polar surface area (TPSA) is 104 Å². The number of hydrogen-bond donors (Lipinski definition) is 3. The van der Waals surface area contributed by atoms with Crippen molar-refractivity contribution in [1.29, 1.82) is 0 Å². The Balaban J connectivity index is 1.43. The fourth-order valence-corrected chi connectivity index (χ4v) is 3.43. The predicted octanol–water partition coefficient (Wildman–Crippen LogP) is 0.509. The molecule has 2 aliphatic heterocycles. The van der Waals surface area contributed by atoms with Crippen molar-refractivity contribution >= 4 is 17.8 Å². The number of amides is 2. The lowest BCUT2D eigenvalue weighted by Gasteiger charge is -2.26. The molecule has 1 aromatic carbocycles. The Hall–Kier alpha value is -2.65. The van der Waals surface area contributed by atoms with E-state index in [1.165, 1.54) is 0 Å². The van der Waals surface area contributed by atoms with Gasteiger partial charge in [0, 0.05) is 45.0 Å². The largest absolute Gasteiger partial charge is 0.379 e. The molecule has 9 heteroatoms. The number of piperazine rings is 1. The van der Waals surface area contributed by atoms with E-state index < -0.39 is 0 Å². The lowest BCUT2D eigenvalue weighted by Crippen LogP contribution is -2.49. The van der Waals surface area contributed by atoms with Gasteiger partial charge in [0.2, 0.25) is 5.91 Å². The lowest BCUT2D eigenvalue weighted by atomic mass is 10.1. The zero-order valence-corrected chi connectivity index (χ0v) is 18.2. The van der Waals surface area contributed by atoms with E-state index in [9.17, 15) is 9.59 Å². The second-order valence-corrected chi connectivity index (χ2v) is 7.61. The molecule has 170 valence electrons. The van der Waals surface area contributed by atoms with E-state index in [0.717, 1.165) is 44.1 Å². The van der Waals surface area contributed by atoms with Crippen LogP contribution in [0.4, 0.5) is 0 Å². The average molecular weight is 432 g/mol. The molecule has 2 amide bonds. The van der Waals surface area contributed by atoms with Crippen molar-refractivity contribution in [2.24, 2.45) is 4.99 Å². The van der Waals surface area contributed by atoms with Crippen LogP contribution in [-0.4, -0.2) is 81.3 Å². The first-order valence-corrected chi connectivity index (χ1v) is 11.0. The number of ether oxygens (including phenoxy) is 2. The standard InChI is InChI=1S/C22H33N5O4/c1-2-23-22(25-9-3-12-31-19-8-13-30-16-19)26-14-17-4-6-18(7-5-17)21(29)27-11-10-24-20(28)15-27/h4-7,19H,2-3,8-16H2,1H3,(H,24,28)(H2,23,25,26). The number of nitrogens with one attached hydrogen (secondary N) is 3. The SMILES string of the molecule is CCNC(=NCc1ccc(C(=O)N2CCNC(=O)C2)cc1)NCCCOC1CCOC1. The third kappa shape index (κ3) is 7.52. The minimum absolute atomic E-state index is 0.113. The first-order chi connectivity index (χ1) is 15.2. The van der Waals surface area contributed by atoms with Crippen molar-refractivity contribution < 1.29 is 19.1 Å². The number of guanidine groups is 1. The van der Waals surface area contributed by atoms with Gasteiger partial charge in [-0.05, 0) is 37.5 Å². The van der Waals surface area contributed by atoms with E-state index >= 15 is 0 Å². The fraction of sp³-hybridized carbons (Fsp3) is 0.591. The number of benzene rings is 1. The van der Waals surface area contributed by atoms with E-state index in [2.05, 4.69) is 20.9 Å². The van der Waals surface area contributed by atoms with Gasteiger partial charge in [0.05, 0.1) is 25.8 Å².